The first-order chi connectivity index (χ1) is 13.1. The van der Waals surface area contributed by atoms with E-state index in [9.17, 15) is 15.3 Å². The Bertz CT molecular complexity index is 952. The van der Waals surface area contributed by atoms with Gasteiger partial charge in [-0.25, -0.2) is 15.0 Å². The predicted octanol–water partition coefficient (Wildman–Crippen LogP) is 0.703. The number of rotatable bonds is 5. The molecule has 3 heterocycles. The number of hydrogen-bond acceptors (Lipinski definition) is 8. The first kappa shape index (κ1) is 18.1. The van der Waals surface area contributed by atoms with Crippen molar-refractivity contribution >= 4 is 28.6 Å². The topological polar surface area (TPSA) is 126 Å². The van der Waals surface area contributed by atoms with Crippen molar-refractivity contribution in [1.29, 1.82) is 0 Å². The van der Waals surface area contributed by atoms with Gasteiger partial charge in [0.2, 0.25) is 0 Å². The minimum Gasteiger partial charge on any atom is -0.394 e. The van der Waals surface area contributed by atoms with Gasteiger partial charge in [-0.05, 0) is 11.6 Å². The largest absolute Gasteiger partial charge is 0.394 e. The Kier molecular flexibility index (Phi) is 4.94. The van der Waals surface area contributed by atoms with Crippen LogP contribution in [0, 0.1) is 0 Å². The summed E-state index contributed by atoms with van der Waals surface area (Å²) in [5.41, 5.74) is 1.83. The average molecular weight is 392 g/mol. The van der Waals surface area contributed by atoms with Gasteiger partial charge in [0.15, 0.2) is 23.2 Å². The highest BCUT2D eigenvalue weighted by Gasteiger charge is 2.44. The Morgan fingerprint density at radius 2 is 1.96 bits per heavy atom. The van der Waals surface area contributed by atoms with Crippen molar-refractivity contribution in [3.8, 4) is 0 Å². The molecule has 4 rings (SSSR count). The van der Waals surface area contributed by atoms with Gasteiger partial charge in [-0.1, -0.05) is 29.8 Å². The standard InChI is InChI=1S/C17H18ClN5O4/c18-10-4-2-1-3-9(10)5-19-15-12-16(21-7-20-15)23(8-22-12)17-14(26)13(25)11(6-24)27-17/h1-4,7-8,11,13-14,17,24-26H,5-6H2,(H,19,20,21)/t11-,13+,14+,17-/m0/s1. The second-order valence-corrected chi connectivity index (χ2v) is 6.63. The summed E-state index contributed by atoms with van der Waals surface area (Å²) in [6, 6.07) is 7.47. The van der Waals surface area contributed by atoms with Crippen molar-refractivity contribution in [2.45, 2.75) is 31.1 Å². The molecule has 2 aromatic heterocycles. The number of aliphatic hydroxyl groups is 3. The van der Waals surface area contributed by atoms with E-state index >= 15 is 0 Å². The number of fused-ring (bicyclic) bond motifs is 1. The summed E-state index contributed by atoms with van der Waals surface area (Å²) in [5, 5.41) is 33.3. The van der Waals surface area contributed by atoms with Crippen LogP contribution in [0.4, 0.5) is 5.82 Å². The van der Waals surface area contributed by atoms with Crippen LogP contribution in [0.15, 0.2) is 36.9 Å². The molecule has 0 unspecified atom stereocenters. The van der Waals surface area contributed by atoms with Crippen molar-refractivity contribution in [2.75, 3.05) is 11.9 Å². The van der Waals surface area contributed by atoms with E-state index in [2.05, 4.69) is 20.3 Å². The van der Waals surface area contributed by atoms with Crippen LogP contribution < -0.4 is 5.32 Å². The molecule has 1 fully saturated rings. The van der Waals surface area contributed by atoms with Crippen LogP contribution in [0.2, 0.25) is 5.02 Å². The molecule has 142 valence electrons. The number of nitrogens with zero attached hydrogens (tertiary/aromatic N) is 4. The first-order valence-electron chi connectivity index (χ1n) is 8.37. The highest BCUT2D eigenvalue weighted by Crippen LogP contribution is 2.32. The van der Waals surface area contributed by atoms with Crippen LogP contribution in [0.3, 0.4) is 0 Å². The molecule has 0 bridgehead atoms. The van der Waals surface area contributed by atoms with Crippen LogP contribution in [0.25, 0.3) is 11.2 Å². The van der Waals surface area contributed by atoms with E-state index < -0.39 is 31.1 Å². The maximum Gasteiger partial charge on any atom is 0.167 e. The fraction of sp³-hybridized carbons (Fsp3) is 0.353. The number of anilines is 1. The number of ether oxygens (including phenoxy) is 1. The second kappa shape index (κ2) is 7.37. The molecule has 0 saturated carbocycles. The van der Waals surface area contributed by atoms with Gasteiger partial charge in [-0.2, -0.15) is 0 Å². The van der Waals surface area contributed by atoms with Crippen LogP contribution >= 0.6 is 11.6 Å². The first-order valence-corrected chi connectivity index (χ1v) is 8.75. The number of imidazole rings is 1. The fourth-order valence-electron chi connectivity index (χ4n) is 3.10. The number of hydrogen-bond donors (Lipinski definition) is 4. The molecule has 1 aliphatic rings. The van der Waals surface area contributed by atoms with E-state index in [-0.39, 0.29) is 0 Å². The SMILES string of the molecule is OC[C@@H]1O[C@H](n2cnc3c(NCc4ccccc4Cl)ncnc32)[C@H](O)[C@@H]1O. The summed E-state index contributed by atoms with van der Waals surface area (Å²) in [6.45, 7) is 0.0491. The molecule has 4 N–H and O–H groups in total. The summed E-state index contributed by atoms with van der Waals surface area (Å²) in [4.78, 5) is 12.8. The van der Waals surface area contributed by atoms with Crippen molar-refractivity contribution in [3.63, 3.8) is 0 Å². The number of aliphatic hydroxyl groups excluding tert-OH is 3. The highest BCUT2D eigenvalue weighted by molar-refractivity contribution is 6.31. The molecular formula is C17H18ClN5O4. The van der Waals surface area contributed by atoms with E-state index in [1.165, 1.54) is 17.2 Å². The fourth-order valence-corrected chi connectivity index (χ4v) is 3.30. The molecule has 0 aliphatic carbocycles. The zero-order valence-corrected chi connectivity index (χ0v) is 14.9. The zero-order valence-electron chi connectivity index (χ0n) is 14.1. The molecule has 3 aromatic rings. The molecule has 0 spiro atoms. The van der Waals surface area contributed by atoms with Gasteiger partial charge in [0.25, 0.3) is 0 Å². The minimum absolute atomic E-state index is 0.402. The van der Waals surface area contributed by atoms with Crippen LogP contribution in [0.5, 0.6) is 0 Å². The maximum atomic E-state index is 10.2. The van der Waals surface area contributed by atoms with E-state index in [1.807, 2.05) is 24.3 Å². The molecule has 1 aliphatic heterocycles. The smallest absolute Gasteiger partial charge is 0.167 e. The number of halogens is 1. The molecule has 10 heteroatoms. The van der Waals surface area contributed by atoms with Gasteiger partial charge in [0.05, 0.1) is 12.9 Å². The van der Waals surface area contributed by atoms with Crippen molar-refractivity contribution < 1.29 is 20.1 Å². The van der Waals surface area contributed by atoms with Crippen molar-refractivity contribution in [2.24, 2.45) is 0 Å². The van der Waals surface area contributed by atoms with Crippen molar-refractivity contribution in [1.82, 2.24) is 19.5 Å². The maximum absolute atomic E-state index is 10.2. The molecule has 0 radical (unpaired) electrons. The molecular weight excluding hydrogens is 374 g/mol. The summed E-state index contributed by atoms with van der Waals surface area (Å²) in [5.74, 6) is 0.505. The van der Waals surface area contributed by atoms with Gasteiger partial charge in [-0.3, -0.25) is 4.57 Å². The van der Waals surface area contributed by atoms with Gasteiger partial charge >= 0.3 is 0 Å². The van der Waals surface area contributed by atoms with Crippen LogP contribution in [-0.2, 0) is 11.3 Å². The predicted molar refractivity (Wildman–Crippen MR) is 97.1 cm³/mol. The number of benzene rings is 1. The minimum atomic E-state index is -1.21. The molecule has 27 heavy (non-hydrogen) atoms. The monoisotopic (exact) mass is 391 g/mol. The average Bonchev–Trinajstić information content (AvgIpc) is 3.23. The lowest BCUT2D eigenvalue weighted by Gasteiger charge is -2.16. The zero-order chi connectivity index (χ0) is 19.0. The normalized spacial score (nSPS) is 25.2. The summed E-state index contributed by atoms with van der Waals surface area (Å²) in [6.07, 6.45) is -1.36. The van der Waals surface area contributed by atoms with Crippen molar-refractivity contribution in [3.05, 3.63) is 47.5 Å². The lowest BCUT2D eigenvalue weighted by molar-refractivity contribution is -0.0511. The van der Waals surface area contributed by atoms with Crippen LogP contribution in [0.1, 0.15) is 11.8 Å². The lowest BCUT2D eigenvalue weighted by Crippen LogP contribution is -2.33. The van der Waals surface area contributed by atoms with E-state index in [0.717, 1.165) is 5.56 Å². The van der Waals surface area contributed by atoms with Gasteiger partial charge < -0.3 is 25.4 Å². The van der Waals surface area contributed by atoms with E-state index in [0.29, 0.717) is 28.5 Å². The molecule has 1 aromatic carbocycles. The Hall–Kier alpha value is -2.30. The van der Waals surface area contributed by atoms with Gasteiger partial charge in [0, 0.05) is 11.6 Å². The third-order valence-electron chi connectivity index (χ3n) is 4.55. The Balaban J connectivity index is 1.61. The molecule has 9 nitrogen and oxygen atoms in total. The Morgan fingerprint density at radius 3 is 2.70 bits per heavy atom. The van der Waals surface area contributed by atoms with Gasteiger partial charge in [-0.15, -0.1) is 0 Å². The molecule has 0 amide bonds. The number of nitrogens with one attached hydrogen (secondary N) is 1. The quantitative estimate of drug-likeness (QED) is 0.501. The van der Waals surface area contributed by atoms with Gasteiger partial charge in [0.1, 0.15) is 24.6 Å². The molecule has 1 saturated heterocycles. The van der Waals surface area contributed by atoms with E-state index in [1.54, 1.807) is 0 Å². The Labute approximate surface area is 159 Å². The van der Waals surface area contributed by atoms with E-state index in [4.69, 9.17) is 16.3 Å². The lowest BCUT2D eigenvalue weighted by atomic mass is 10.1. The Morgan fingerprint density at radius 1 is 1.15 bits per heavy atom. The highest BCUT2D eigenvalue weighted by atomic mass is 35.5. The summed E-state index contributed by atoms with van der Waals surface area (Å²) >= 11 is 6.18. The van der Waals surface area contributed by atoms with Crippen LogP contribution in [-0.4, -0.2) is 59.8 Å². The molecule has 4 atom stereocenters. The number of aromatic nitrogens is 4. The third-order valence-corrected chi connectivity index (χ3v) is 4.92. The second-order valence-electron chi connectivity index (χ2n) is 6.22. The third kappa shape index (κ3) is 3.24. The summed E-state index contributed by atoms with van der Waals surface area (Å²) < 4.78 is 7.06. The summed E-state index contributed by atoms with van der Waals surface area (Å²) in [7, 11) is 0.